The van der Waals surface area contributed by atoms with Crippen LogP contribution in [0.3, 0.4) is 0 Å². The first kappa shape index (κ1) is 26.7. The summed E-state index contributed by atoms with van der Waals surface area (Å²) in [6.45, 7) is 6.33. The number of carbonyl (C=O) groups is 3. The van der Waals surface area contributed by atoms with E-state index in [-0.39, 0.29) is 36.8 Å². The number of allylic oxidation sites excluding steroid dienone is 1. The van der Waals surface area contributed by atoms with Gasteiger partial charge in [0.25, 0.3) is 5.91 Å². The van der Waals surface area contributed by atoms with Gasteiger partial charge in [0, 0.05) is 25.6 Å². The zero-order chi connectivity index (χ0) is 26.3. The average molecular weight is 527 g/mol. The van der Waals surface area contributed by atoms with Crippen molar-refractivity contribution < 1.29 is 19.1 Å². The molecule has 4 rings (SSSR count). The lowest BCUT2D eigenvalue weighted by Crippen LogP contribution is -2.53. The number of fused-ring (bicyclic) bond motifs is 1. The Morgan fingerprint density at radius 3 is 2.81 bits per heavy atom. The van der Waals surface area contributed by atoms with Crippen LogP contribution in [-0.2, 0) is 9.59 Å². The highest BCUT2D eigenvalue weighted by atomic mass is 32.1. The topological polar surface area (TPSA) is 126 Å². The summed E-state index contributed by atoms with van der Waals surface area (Å²) in [4.78, 5) is 40.7. The van der Waals surface area contributed by atoms with Crippen LogP contribution in [0.4, 0.5) is 5.13 Å². The van der Waals surface area contributed by atoms with Gasteiger partial charge in [0.05, 0.1) is 17.5 Å². The Hall–Kier alpha value is -3.31. The van der Waals surface area contributed by atoms with E-state index in [1.807, 2.05) is 37.0 Å². The predicted octanol–water partition coefficient (Wildman–Crippen LogP) is 2.57. The summed E-state index contributed by atoms with van der Waals surface area (Å²) in [7, 11) is 0. The van der Waals surface area contributed by atoms with Crippen LogP contribution in [0.15, 0.2) is 36.4 Å². The maximum absolute atomic E-state index is 13.4. The number of amides is 3. The predicted molar refractivity (Wildman–Crippen MR) is 142 cm³/mol. The molecule has 3 heterocycles. The van der Waals surface area contributed by atoms with Gasteiger partial charge in [-0.2, -0.15) is 0 Å². The van der Waals surface area contributed by atoms with Crippen molar-refractivity contribution in [2.24, 2.45) is 5.41 Å². The van der Waals surface area contributed by atoms with Gasteiger partial charge in [0.15, 0.2) is 0 Å². The van der Waals surface area contributed by atoms with E-state index in [2.05, 4.69) is 26.1 Å². The lowest BCUT2D eigenvalue weighted by molar-refractivity contribution is -0.135. The monoisotopic (exact) mass is 526 g/mol. The summed E-state index contributed by atoms with van der Waals surface area (Å²) in [5.74, 6) is 0.285. The largest absolute Gasteiger partial charge is 0.489 e. The molecule has 11 heteroatoms. The van der Waals surface area contributed by atoms with Gasteiger partial charge in [-0.3, -0.25) is 24.6 Å². The maximum Gasteiger partial charge on any atom is 0.255 e. The van der Waals surface area contributed by atoms with E-state index in [1.54, 1.807) is 18.2 Å². The molecule has 2 aliphatic heterocycles. The maximum atomic E-state index is 13.4. The number of hydrogen-bond donors (Lipinski definition) is 3. The Kier molecular flexibility index (Phi) is 8.88. The number of ether oxygens (including phenoxy) is 1. The number of benzene rings is 1. The minimum atomic E-state index is -0.672. The van der Waals surface area contributed by atoms with E-state index in [0.29, 0.717) is 48.9 Å². The summed E-state index contributed by atoms with van der Waals surface area (Å²) in [5, 5.41) is 18.2. The molecule has 1 atom stereocenters. The first-order valence-electron chi connectivity index (χ1n) is 12.7. The number of rotatable bonds is 4. The SMILES string of the molecule is CC(C)c1nnc(NC(=O)CN2CCCC3(C/C=C\COc4ccccc4C(=O)NCCNC3=O)C2)s1. The van der Waals surface area contributed by atoms with Gasteiger partial charge in [-0.15, -0.1) is 10.2 Å². The second-order valence-corrected chi connectivity index (χ2v) is 10.7. The molecule has 0 aliphatic carbocycles. The Bertz CT molecular complexity index is 1150. The molecule has 3 N–H and O–H groups in total. The number of nitrogens with one attached hydrogen (secondary N) is 3. The Morgan fingerprint density at radius 2 is 2.00 bits per heavy atom. The zero-order valence-electron chi connectivity index (χ0n) is 21.3. The summed E-state index contributed by atoms with van der Waals surface area (Å²) >= 11 is 1.38. The van der Waals surface area contributed by atoms with Crippen molar-refractivity contribution in [1.29, 1.82) is 0 Å². The van der Waals surface area contributed by atoms with Crippen LogP contribution >= 0.6 is 11.3 Å². The summed E-state index contributed by atoms with van der Waals surface area (Å²) in [6, 6.07) is 7.11. The van der Waals surface area contributed by atoms with Gasteiger partial charge in [-0.25, -0.2) is 0 Å². The van der Waals surface area contributed by atoms with Crippen LogP contribution in [0.2, 0.25) is 0 Å². The van der Waals surface area contributed by atoms with Crippen molar-refractivity contribution in [3.8, 4) is 5.75 Å². The molecule has 198 valence electrons. The molecule has 3 amide bonds. The quantitative estimate of drug-likeness (QED) is 0.523. The normalized spacial score (nSPS) is 22.4. The fourth-order valence-corrected chi connectivity index (χ4v) is 5.38. The first-order valence-corrected chi connectivity index (χ1v) is 13.5. The van der Waals surface area contributed by atoms with Crippen molar-refractivity contribution in [2.45, 2.75) is 39.0 Å². The fourth-order valence-electron chi connectivity index (χ4n) is 4.62. The van der Waals surface area contributed by atoms with Crippen molar-refractivity contribution in [3.05, 3.63) is 47.0 Å². The lowest BCUT2D eigenvalue weighted by Gasteiger charge is -2.41. The highest BCUT2D eigenvalue weighted by Crippen LogP contribution is 2.34. The van der Waals surface area contributed by atoms with Gasteiger partial charge in [0.2, 0.25) is 16.9 Å². The van der Waals surface area contributed by atoms with Crippen molar-refractivity contribution in [2.75, 3.05) is 44.6 Å². The summed E-state index contributed by atoms with van der Waals surface area (Å²) in [5.41, 5.74) is -0.208. The van der Waals surface area contributed by atoms with Crippen LogP contribution < -0.4 is 20.7 Å². The molecule has 1 saturated heterocycles. The summed E-state index contributed by atoms with van der Waals surface area (Å²) in [6.07, 6.45) is 5.88. The van der Waals surface area contributed by atoms with Gasteiger partial charge >= 0.3 is 0 Å². The van der Waals surface area contributed by atoms with Gasteiger partial charge < -0.3 is 15.4 Å². The van der Waals surface area contributed by atoms with E-state index in [0.717, 1.165) is 18.0 Å². The molecule has 0 saturated carbocycles. The van der Waals surface area contributed by atoms with Crippen molar-refractivity contribution >= 4 is 34.2 Å². The summed E-state index contributed by atoms with van der Waals surface area (Å²) < 4.78 is 5.83. The highest BCUT2D eigenvalue weighted by Gasteiger charge is 2.41. The minimum Gasteiger partial charge on any atom is -0.489 e. The van der Waals surface area contributed by atoms with Crippen LogP contribution in [0.1, 0.15) is 54.4 Å². The third-order valence-corrected chi connectivity index (χ3v) is 7.66. The van der Waals surface area contributed by atoms with Crippen LogP contribution in [-0.4, -0.2) is 72.1 Å². The third kappa shape index (κ3) is 6.92. The minimum absolute atomic E-state index is 0.0689. The number of anilines is 1. The number of aromatic nitrogens is 2. The van der Waals surface area contributed by atoms with Crippen molar-refractivity contribution in [1.82, 2.24) is 25.7 Å². The molecule has 37 heavy (non-hydrogen) atoms. The van der Waals surface area contributed by atoms with Crippen LogP contribution in [0.25, 0.3) is 0 Å². The number of hydrogen-bond acceptors (Lipinski definition) is 8. The molecule has 1 aromatic heterocycles. The van der Waals surface area contributed by atoms with Crippen LogP contribution in [0, 0.1) is 5.41 Å². The molecule has 1 unspecified atom stereocenters. The Morgan fingerprint density at radius 1 is 1.19 bits per heavy atom. The van der Waals surface area contributed by atoms with Gasteiger partial charge in [0.1, 0.15) is 17.4 Å². The number of carbonyl (C=O) groups excluding carboxylic acids is 3. The molecule has 2 aliphatic rings. The molecular formula is C26H34N6O4S. The van der Waals surface area contributed by atoms with Crippen molar-refractivity contribution in [3.63, 3.8) is 0 Å². The molecule has 1 spiro atoms. The molecule has 1 aromatic carbocycles. The lowest BCUT2D eigenvalue weighted by atomic mass is 9.76. The second kappa shape index (κ2) is 12.3. The third-order valence-electron chi connectivity index (χ3n) is 6.52. The van der Waals surface area contributed by atoms with E-state index in [4.69, 9.17) is 4.74 Å². The van der Waals surface area contributed by atoms with Crippen LogP contribution in [0.5, 0.6) is 5.75 Å². The fraction of sp³-hybridized carbons (Fsp3) is 0.500. The molecule has 10 nitrogen and oxygen atoms in total. The van der Waals surface area contributed by atoms with E-state index < -0.39 is 5.41 Å². The molecule has 2 aromatic rings. The highest BCUT2D eigenvalue weighted by molar-refractivity contribution is 7.15. The number of likely N-dealkylation sites (tertiary alicyclic amines) is 1. The molecule has 0 bridgehead atoms. The molecule has 1 fully saturated rings. The second-order valence-electron chi connectivity index (χ2n) is 9.74. The zero-order valence-corrected chi connectivity index (χ0v) is 22.1. The van der Waals surface area contributed by atoms with E-state index in [1.165, 1.54) is 11.3 Å². The van der Waals surface area contributed by atoms with Gasteiger partial charge in [-0.05, 0) is 37.9 Å². The number of piperidine rings is 1. The first-order chi connectivity index (χ1) is 17.9. The number of para-hydroxylation sites is 1. The Labute approximate surface area is 220 Å². The molecule has 0 radical (unpaired) electrons. The van der Waals surface area contributed by atoms with E-state index in [9.17, 15) is 14.4 Å². The van der Waals surface area contributed by atoms with Gasteiger partial charge in [-0.1, -0.05) is 49.5 Å². The average Bonchev–Trinajstić information content (AvgIpc) is 3.35. The number of nitrogens with zero attached hydrogens (tertiary/aromatic N) is 3. The molecular weight excluding hydrogens is 492 g/mol. The smallest absolute Gasteiger partial charge is 0.255 e. The standard InChI is InChI=1S/C26H34N6O4S/c1-18(2)23-30-31-25(37-23)29-21(33)16-32-14-7-11-26(17-32)10-5-6-15-36-20-9-4-3-8-19(20)22(34)27-12-13-28-24(26)35/h3-6,8-9,18H,7,10-17H2,1-2H3,(H,27,34)(H,28,35)(H,29,31,33)/b6-5-. The Balaban J connectivity index is 1.42. The van der Waals surface area contributed by atoms with E-state index >= 15 is 0 Å².